The molecule has 2 aliphatic rings. The maximum Gasteiger partial charge on any atom is 0.0340 e. The highest BCUT2D eigenvalue weighted by Gasteiger charge is 1.95. The van der Waals surface area contributed by atoms with Crippen LogP contribution in [0.3, 0.4) is 0 Å². The van der Waals surface area contributed by atoms with Crippen molar-refractivity contribution in [3.63, 3.8) is 0 Å². The molecule has 0 bridgehead atoms. The van der Waals surface area contributed by atoms with Gasteiger partial charge in [-0.3, -0.25) is 0 Å². The zero-order valence-corrected chi connectivity index (χ0v) is 19.2. The van der Waals surface area contributed by atoms with Crippen LogP contribution in [0.2, 0.25) is 0 Å². The Morgan fingerprint density at radius 1 is 0.406 bits per heavy atom. The van der Waals surface area contributed by atoms with Crippen LogP contribution in [0.5, 0.6) is 0 Å². The average Bonchev–Trinajstić information content (AvgIpc) is 2.78. The van der Waals surface area contributed by atoms with E-state index in [1.54, 1.807) is 0 Å². The van der Waals surface area contributed by atoms with Crippen LogP contribution in [-0.2, 0) is 0 Å². The highest BCUT2D eigenvalue weighted by molar-refractivity contribution is 5.30. The standard InChI is InChI=1S/C31H37N/c1-3-7-12-18-24-30(25-19-13-8-4-1)26-20-14-11-17-23-29-32-31-27-21-15-9-5-2-6-10-16-22-28-31/h1-10,12-13,15-16,18-19,21-22,24-25,27-28,32H,11,14,17,20,23,26,29H2/b3-1?,4-1?,5-2-,6-2?,7-3?,8-4?,9-5?,10-6-,12-7-,13-8?,15-9-,16-10?,18-12?,19-13-,21-15?,22-16-,24-18-,25-19?,27-21?,28-22?,30-24?,30-25+,31-27?,31-28?. The van der Waals surface area contributed by atoms with Gasteiger partial charge in [-0.25, -0.2) is 0 Å². The van der Waals surface area contributed by atoms with Crippen molar-refractivity contribution < 1.29 is 0 Å². The van der Waals surface area contributed by atoms with Crippen molar-refractivity contribution in [3.05, 3.63) is 145 Å². The third-order valence-electron chi connectivity index (χ3n) is 4.92. The lowest BCUT2D eigenvalue weighted by atomic mass is 10.0. The molecule has 0 saturated carbocycles. The van der Waals surface area contributed by atoms with Crippen LogP contribution >= 0.6 is 0 Å². The summed E-state index contributed by atoms with van der Waals surface area (Å²) in [7, 11) is 0. The summed E-state index contributed by atoms with van der Waals surface area (Å²) in [6, 6.07) is 0. The van der Waals surface area contributed by atoms with Crippen LogP contribution in [0.15, 0.2) is 145 Å². The second-order valence-corrected chi connectivity index (χ2v) is 7.61. The number of unbranched alkanes of at least 4 members (excludes halogenated alkanes) is 4. The van der Waals surface area contributed by atoms with Gasteiger partial charge in [0.05, 0.1) is 0 Å². The van der Waals surface area contributed by atoms with E-state index in [4.69, 9.17) is 0 Å². The molecular formula is C31H37N. The molecule has 0 aromatic carbocycles. The fourth-order valence-electron chi connectivity index (χ4n) is 3.19. The van der Waals surface area contributed by atoms with Gasteiger partial charge >= 0.3 is 0 Å². The van der Waals surface area contributed by atoms with Gasteiger partial charge in [0.15, 0.2) is 0 Å². The molecule has 32 heavy (non-hydrogen) atoms. The van der Waals surface area contributed by atoms with Gasteiger partial charge in [0, 0.05) is 12.2 Å². The van der Waals surface area contributed by atoms with Crippen molar-refractivity contribution in [2.75, 3.05) is 6.54 Å². The normalized spacial score (nSPS) is 24.8. The van der Waals surface area contributed by atoms with E-state index in [0.29, 0.717) is 0 Å². The monoisotopic (exact) mass is 423 g/mol. The molecule has 0 amide bonds. The third kappa shape index (κ3) is 13.8. The summed E-state index contributed by atoms with van der Waals surface area (Å²) in [5, 5.41) is 3.55. The molecule has 0 heterocycles. The predicted molar refractivity (Wildman–Crippen MR) is 143 cm³/mol. The average molecular weight is 424 g/mol. The Balaban J connectivity index is 1.64. The minimum atomic E-state index is 1.01. The fourth-order valence-corrected chi connectivity index (χ4v) is 3.19. The van der Waals surface area contributed by atoms with Crippen LogP contribution in [0, 0.1) is 0 Å². The van der Waals surface area contributed by atoms with Gasteiger partial charge in [-0.2, -0.15) is 0 Å². The minimum Gasteiger partial charge on any atom is -0.385 e. The zero-order chi connectivity index (χ0) is 22.4. The first kappa shape index (κ1) is 24.9. The molecule has 1 heteroatoms. The molecule has 1 nitrogen and oxygen atoms in total. The lowest BCUT2D eigenvalue weighted by Crippen LogP contribution is -2.13. The summed E-state index contributed by atoms with van der Waals surface area (Å²) < 4.78 is 0. The van der Waals surface area contributed by atoms with Gasteiger partial charge < -0.3 is 5.32 Å². The second-order valence-electron chi connectivity index (χ2n) is 7.61. The number of allylic oxidation sites excluding steroid dienone is 23. The van der Waals surface area contributed by atoms with Gasteiger partial charge in [-0.05, 0) is 37.0 Å². The third-order valence-corrected chi connectivity index (χ3v) is 4.92. The van der Waals surface area contributed by atoms with Crippen molar-refractivity contribution in [3.8, 4) is 0 Å². The predicted octanol–water partition coefficient (Wildman–Crippen LogP) is 8.32. The van der Waals surface area contributed by atoms with E-state index in [0.717, 1.165) is 18.7 Å². The molecule has 0 aromatic rings. The second kappa shape index (κ2) is 18.4. The molecule has 0 unspecified atom stereocenters. The summed E-state index contributed by atoms with van der Waals surface area (Å²) in [6.45, 7) is 1.01. The molecule has 166 valence electrons. The van der Waals surface area contributed by atoms with E-state index >= 15 is 0 Å². The highest BCUT2D eigenvalue weighted by atomic mass is 14.9. The largest absolute Gasteiger partial charge is 0.385 e. The van der Waals surface area contributed by atoms with E-state index in [-0.39, 0.29) is 0 Å². The molecule has 0 radical (unpaired) electrons. The Morgan fingerprint density at radius 3 is 1.53 bits per heavy atom. The molecule has 2 rings (SSSR count). The summed E-state index contributed by atoms with van der Waals surface area (Å²) in [4.78, 5) is 0. The number of hydrogen-bond donors (Lipinski definition) is 1. The molecule has 0 fully saturated rings. The molecular weight excluding hydrogens is 386 g/mol. The molecule has 0 aromatic heterocycles. The Labute approximate surface area is 195 Å². The number of hydrogen-bond acceptors (Lipinski definition) is 1. The van der Waals surface area contributed by atoms with Gasteiger partial charge in [0.2, 0.25) is 0 Å². The van der Waals surface area contributed by atoms with E-state index in [2.05, 4.69) is 90.4 Å². The summed E-state index contributed by atoms with van der Waals surface area (Å²) in [6.07, 6.45) is 53.2. The number of nitrogens with one attached hydrogen (secondary N) is 1. The SMILES string of the molecule is C1=C\C=C/C=C\C(CCCCCCCNC2=C\C=C/C=C\C=C/C=C\C=C2)=C/C=C\C=C1. The lowest BCUT2D eigenvalue weighted by molar-refractivity contribution is 0.600. The van der Waals surface area contributed by atoms with Crippen molar-refractivity contribution in [2.24, 2.45) is 0 Å². The Morgan fingerprint density at radius 2 is 0.875 bits per heavy atom. The van der Waals surface area contributed by atoms with Crippen LogP contribution in [0.4, 0.5) is 0 Å². The van der Waals surface area contributed by atoms with E-state index < -0.39 is 0 Å². The maximum absolute atomic E-state index is 3.55. The Bertz CT molecular complexity index is 799. The van der Waals surface area contributed by atoms with E-state index in [1.807, 2.05) is 48.6 Å². The highest BCUT2D eigenvalue weighted by Crippen LogP contribution is 2.13. The summed E-state index contributed by atoms with van der Waals surface area (Å²) >= 11 is 0. The van der Waals surface area contributed by atoms with Crippen molar-refractivity contribution >= 4 is 0 Å². The van der Waals surface area contributed by atoms with E-state index in [9.17, 15) is 0 Å². The van der Waals surface area contributed by atoms with Gasteiger partial charge in [-0.1, -0.05) is 141 Å². The maximum atomic E-state index is 3.55. The number of rotatable bonds is 9. The molecule has 0 spiro atoms. The topological polar surface area (TPSA) is 12.0 Å². The smallest absolute Gasteiger partial charge is 0.0340 e. The fraction of sp³-hybridized carbons (Fsp3) is 0.226. The molecule has 1 N–H and O–H groups in total. The minimum absolute atomic E-state index is 1.01. The molecule has 2 aliphatic carbocycles. The first-order valence-corrected chi connectivity index (χ1v) is 11.8. The zero-order valence-electron chi connectivity index (χ0n) is 19.2. The first-order chi connectivity index (χ1) is 15.9. The Kier molecular flexibility index (Phi) is 14.4. The molecule has 0 saturated heterocycles. The molecule has 0 atom stereocenters. The van der Waals surface area contributed by atoms with Crippen LogP contribution < -0.4 is 5.32 Å². The van der Waals surface area contributed by atoms with Gasteiger partial charge in [-0.15, -0.1) is 0 Å². The quantitative estimate of drug-likeness (QED) is 0.368. The lowest BCUT2D eigenvalue weighted by Gasteiger charge is -2.07. The summed E-state index contributed by atoms with van der Waals surface area (Å²) in [5.74, 6) is 0. The van der Waals surface area contributed by atoms with Gasteiger partial charge in [0.25, 0.3) is 0 Å². The van der Waals surface area contributed by atoms with Crippen LogP contribution in [0.25, 0.3) is 0 Å². The Hall–Kier alpha value is -3.32. The van der Waals surface area contributed by atoms with E-state index in [1.165, 1.54) is 37.7 Å². The van der Waals surface area contributed by atoms with Crippen LogP contribution in [-0.4, -0.2) is 6.54 Å². The molecule has 0 aliphatic heterocycles. The van der Waals surface area contributed by atoms with Crippen molar-refractivity contribution in [1.82, 2.24) is 5.32 Å². The first-order valence-electron chi connectivity index (χ1n) is 11.8. The van der Waals surface area contributed by atoms with Gasteiger partial charge in [0.1, 0.15) is 0 Å². The van der Waals surface area contributed by atoms with Crippen LogP contribution in [0.1, 0.15) is 38.5 Å². The van der Waals surface area contributed by atoms with Crippen molar-refractivity contribution in [2.45, 2.75) is 38.5 Å². The van der Waals surface area contributed by atoms with Crippen molar-refractivity contribution in [1.29, 1.82) is 0 Å². The summed E-state index contributed by atoms with van der Waals surface area (Å²) in [5.41, 5.74) is 2.54.